The Bertz CT molecular complexity index is 1280. The van der Waals surface area contributed by atoms with Gasteiger partial charge in [0.2, 0.25) is 10.0 Å². The number of sulfonamides is 1. The van der Waals surface area contributed by atoms with E-state index in [1.54, 1.807) is 73.1 Å². The van der Waals surface area contributed by atoms with Gasteiger partial charge in [-0.25, -0.2) is 13.1 Å². The molecule has 0 saturated heterocycles. The fourth-order valence-corrected chi connectivity index (χ4v) is 4.48. The summed E-state index contributed by atoms with van der Waals surface area (Å²) in [6, 6.07) is 17.0. The summed E-state index contributed by atoms with van der Waals surface area (Å²) in [7, 11) is -1.82. The van der Waals surface area contributed by atoms with Crippen LogP contribution in [0.15, 0.2) is 78.0 Å². The van der Waals surface area contributed by atoms with E-state index < -0.39 is 15.6 Å². The molecule has 3 N–H and O–H groups in total. The van der Waals surface area contributed by atoms with E-state index in [0.717, 1.165) is 17.5 Å². The Balaban J connectivity index is 1.62. The van der Waals surface area contributed by atoms with Gasteiger partial charge in [-0.15, -0.1) is 0 Å². The number of benzene rings is 2. The molecule has 1 unspecified atom stereocenters. The summed E-state index contributed by atoms with van der Waals surface area (Å²) in [6.07, 6.45) is 3.94. The van der Waals surface area contributed by atoms with Gasteiger partial charge in [0, 0.05) is 35.7 Å². The maximum Gasteiger partial charge on any atom is 0.255 e. The van der Waals surface area contributed by atoms with Crippen LogP contribution in [0.1, 0.15) is 55.6 Å². The first-order chi connectivity index (χ1) is 17.5. The van der Waals surface area contributed by atoms with Crippen LogP contribution in [0, 0.1) is 0 Å². The van der Waals surface area contributed by atoms with Crippen LogP contribution in [0.4, 0.5) is 5.69 Å². The Kier molecular flexibility index (Phi) is 9.20. The van der Waals surface area contributed by atoms with Crippen molar-refractivity contribution in [3.8, 4) is 0 Å². The lowest BCUT2D eigenvalue weighted by molar-refractivity contribution is -0.0610. The Morgan fingerprint density at radius 2 is 1.57 bits per heavy atom. The van der Waals surface area contributed by atoms with Gasteiger partial charge >= 0.3 is 0 Å². The topological polar surface area (TPSA) is 109 Å². The van der Waals surface area contributed by atoms with Crippen LogP contribution < -0.4 is 15.4 Å². The number of nitrogens with zero attached hydrogens (tertiary/aromatic N) is 1. The van der Waals surface area contributed by atoms with Crippen LogP contribution in [-0.4, -0.2) is 38.5 Å². The van der Waals surface area contributed by atoms with Gasteiger partial charge in [0.05, 0.1) is 17.1 Å². The summed E-state index contributed by atoms with van der Waals surface area (Å²) < 4.78 is 34.7. The standard InChI is InChI=1S/C28H36N4O4S/c1-6-28(4,36-20-27(2,3)29-5)23-11-13-25(14-12-23)37(34,35)31-19-21-7-9-22(10-8-21)26(33)32-24-15-17-30-18-16-24/h7-18,29,31H,6,19-20H2,1-5H3,(H,30,32,33). The van der Waals surface area contributed by atoms with Crippen LogP contribution in [0.3, 0.4) is 0 Å². The molecule has 0 bridgehead atoms. The number of carbonyl (C=O) groups is 1. The minimum atomic E-state index is -3.72. The Labute approximate surface area is 219 Å². The molecule has 198 valence electrons. The lowest BCUT2D eigenvalue weighted by Crippen LogP contribution is -2.43. The van der Waals surface area contributed by atoms with Crippen molar-refractivity contribution in [2.24, 2.45) is 0 Å². The number of aromatic nitrogens is 1. The van der Waals surface area contributed by atoms with Gasteiger partial charge in [-0.3, -0.25) is 9.78 Å². The SMILES string of the molecule is CCC(C)(OCC(C)(C)NC)c1ccc(S(=O)(=O)NCc2ccc(C(=O)Nc3ccncc3)cc2)cc1. The number of anilines is 1. The predicted molar refractivity (Wildman–Crippen MR) is 146 cm³/mol. The van der Waals surface area contributed by atoms with Gasteiger partial charge < -0.3 is 15.4 Å². The normalized spacial score (nSPS) is 13.6. The number of carbonyl (C=O) groups excluding carboxylic acids is 1. The third-order valence-corrected chi connectivity index (χ3v) is 7.92. The molecule has 3 aromatic rings. The first-order valence-corrected chi connectivity index (χ1v) is 13.7. The number of likely N-dealkylation sites (N-methyl/N-ethyl adjacent to an activating group) is 1. The van der Waals surface area contributed by atoms with Crippen molar-refractivity contribution in [1.82, 2.24) is 15.0 Å². The van der Waals surface area contributed by atoms with Crippen molar-refractivity contribution in [2.75, 3.05) is 19.0 Å². The number of pyridine rings is 1. The second-order valence-electron chi connectivity index (χ2n) is 9.74. The minimum absolute atomic E-state index is 0.102. The molecule has 9 heteroatoms. The summed E-state index contributed by atoms with van der Waals surface area (Å²) >= 11 is 0. The number of rotatable bonds is 12. The smallest absolute Gasteiger partial charge is 0.255 e. The van der Waals surface area contributed by atoms with Gasteiger partial charge in [-0.05, 0) is 81.8 Å². The van der Waals surface area contributed by atoms with Crippen LogP contribution in [0.2, 0.25) is 0 Å². The molecule has 0 fully saturated rings. The van der Waals surface area contributed by atoms with Crippen LogP contribution in [0.5, 0.6) is 0 Å². The van der Waals surface area contributed by atoms with Gasteiger partial charge in [-0.1, -0.05) is 31.2 Å². The lowest BCUT2D eigenvalue weighted by atomic mass is 9.92. The highest BCUT2D eigenvalue weighted by Crippen LogP contribution is 2.31. The monoisotopic (exact) mass is 524 g/mol. The summed E-state index contributed by atoms with van der Waals surface area (Å²) in [4.78, 5) is 16.5. The molecule has 37 heavy (non-hydrogen) atoms. The van der Waals surface area contributed by atoms with Crippen LogP contribution >= 0.6 is 0 Å². The fourth-order valence-electron chi connectivity index (χ4n) is 3.46. The zero-order valence-electron chi connectivity index (χ0n) is 22.0. The summed E-state index contributed by atoms with van der Waals surface area (Å²) in [5, 5.41) is 6.02. The highest BCUT2D eigenvalue weighted by Gasteiger charge is 2.29. The van der Waals surface area contributed by atoms with Crippen molar-refractivity contribution in [2.45, 2.75) is 56.7 Å². The van der Waals surface area contributed by atoms with Gasteiger partial charge in [0.15, 0.2) is 0 Å². The minimum Gasteiger partial charge on any atom is -0.369 e. The molecule has 0 spiro atoms. The highest BCUT2D eigenvalue weighted by atomic mass is 32.2. The van der Waals surface area contributed by atoms with Gasteiger partial charge in [-0.2, -0.15) is 0 Å². The van der Waals surface area contributed by atoms with E-state index in [-0.39, 0.29) is 22.9 Å². The molecule has 0 aliphatic heterocycles. The summed E-state index contributed by atoms with van der Waals surface area (Å²) in [6.45, 7) is 8.81. The van der Waals surface area contributed by atoms with Crippen molar-refractivity contribution < 1.29 is 17.9 Å². The van der Waals surface area contributed by atoms with E-state index in [1.165, 1.54) is 0 Å². The van der Waals surface area contributed by atoms with E-state index in [1.807, 2.05) is 20.9 Å². The van der Waals surface area contributed by atoms with Gasteiger partial charge in [0.1, 0.15) is 0 Å². The number of ether oxygens (including phenoxy) is 1. The summed E-state index contributed by atoms with van der Waals surface area (Å²) in [5.41, 5.74) is 2.07. The average molecular weight is 525 g/mol. The largest absolute Gasteiger partial charge is 0.369 e. The van der Waals surface area contributed by atoms with E-state index in [4.69, 9.17) is 4.74 Å². The number of hydrogen-bond donors (Lipinski definition) is 3. The number of amides is 1. The number of nitrogens with one attached hydrogen (secondary N) is 3. The molecule has 0 aliphatic rings. The van der Waals surface area contributed by atoms with Crippen molar-refractivity contribution in [3.63, 3.8) is 0 Å². The molecule has 0 saturated carbocycles. The average Bonchev–Trinajstić information content (AvgIpc) is 2.91. The Morgan fingerprint density at radius 3 is 2.14 bits per heavy atom. The molecular formula is C28H36N4O4S. The summed E-state index contributed by atoms with van der Waals surface area (Å²) in [5.74, 6) is -0.254. The van der Waals surface area contributed by atoms with Crippen LogP contribution in [-0.2, 0) is 26.9 Å². The molecule has 1 amide bonds. The second-order valence-corrected chi connectivity index (χ2v) is 11.5. The third kappa shape index (κ3) is 7.69. The Morgan fingerprint density at radius 1 is 0.946 bits per heavy atom. The fraction of sp³-hybridized carbons (Fsp3) is 0.357. The third-order valence-electron chi connectivity index (χ3n) is 6.50. The maximum absolute atomic E-state index is 12.9. The van der Waals surface area contributed by atoms with Crippen molar-refractivity contribution in [1.29, 1.82) is 0 Å². The van der Waals surface area contributed by atoms with Gasteiger partial charge in [0.25, 0.3) is 5.91 Å². The molecule has 1 heterocycles. The molecule has 1 atom stereocenters. The van der Waals surface area contributed by atoms with E-state index >= 15 is 0 Å². The van der Waals surface area contributed by atoms with E-state index in [2.05, 4.69) is 34.2 Å². The first-order valence-electron chi connectivity index (χ1n) is 12.2. The molecular weight excluding hydrogens is 488 g/mol. The highest BCUT2D eigenvalue weighted by molar-refractivity contribution is 7.89. The molecule has 0 radical (unpaired) electrons. The molecule has 2 aromatic carbocycles. The molecule has 3 rings (SSSR count). The lowest BCUT2D eigenvalue weighted by Gasteiger charge is -2.34. The number of hydrogen-bond acceptors (Lipinski definition) is 6. The second kappa shape index (κ2) is 12.0. The quantitative estimate of drug-likeness (QED) is 0.323. The maximum atomic E-state index is 12.9. The molecule has 0 aliphatic carbocycles. The zero-order chi connectivity index (χ0) is 27.1. The first kappa shape index (κ1) is 28.5. The van der Waals surface area contributed by atoms with E-state index in [9.17, 15) is 13.2 Å². The van der Waals surface area contributed by atoms with Crippen molar-refractivity contribution >= 4 is 21.6 Å². The van der Waals surface area contributed by atoms with Crippen LogP contribution in [0.25, 0.3) is 0 Å². The van der Waals surface area contributed by atoms with Crippen molar-refractivity contribution in [3.05, 3.63) is 89.7 Å². The van der Waals surface area contributed by atoms with E-state index in [0.29, 0.717) is 17.9 Å². The zero-order valence-corrected chi connectivity index (χ0v) is 22.9. The predicted octanol–water partition coefficient (Wildman–Crippen LogP) is 4.45. The Hall–Kier alpha value is -3.11. The molecule has 1 aromatic heterocycles. The molecule has 8 nitrogen and oxygen atoms in total.